The minimum atomic E-state index is -0.287. The van der Waals surface area contributed by atoms with Crippen LogP contribution in [0.3, 0.4) is 0 Å². The molecule has 0 radical (unpaired) electrons. The van der Waals surface area contributed by atoms with Crippen LogP contribution in [0.1, 0.15) is 12.5 Å². The van der Waals surface area contributed by atoms with Gasteiger partial charge in [-0.1, -0.05) is 35.0 Å². The first-order valence-electron chi connectivity index (χ1n) is 9.87. The Morgan fingerprint density at radius 2 is 2.03 bits per heavy atom. The van der Waals surface area contributed by atoms with Crippen molar-refractivity contribution < 1.29 is 14.3 Å². The number of thioether (sulfide) groups is 1. The monoisotopic (exact) mass is 485 g/mol. The largest absolute Gasteiger partial charge is 0.491 e. The fraction of sp³-hybridized carbons (Fsp3) is 0.450. The highest BCUT2D eigenvalue weighted by atomic mass is 35.5. The molecule has 31 heavy (non-hydrogen) atoms. The topological polar surface area (TPSA) is 111 Å². The zero-order chi connectivity index (χ0) is 22.4. The van der Waals surface area contributed by atoms with Crippen molar-refractivity contribution in [1.82, 2.24) is 20.6 Å². The predicted octanol–water partition coefficient (Wildman–Crippen LogP) is 2.80. The summed E-state index contributed by atoms with van der Waals surface area (Å²) in [5.41, 5.74) is 8.01. The van der Waals surface area contributed by atoms with Crippen LogP contribution < -0.4 is 21.1 Å². The van der Waals surface area contributed by atoms with Crippen molar-refractivity contribution in [2.24, 2.45) is 0 Å². The summed E-state index contributed by atoms with van der Waals surface area (Å²) < 4.78 is 10.8. The molecule has 11 heteroatoms. The molecule has 0 spiro atoms. The molecule has 168 valence electrons. The van der Waals surface area contributed by atoms with E-state index in [-0.39, 0.29) is 17.1 Å². The summed E-state index contributed by atoms with van der Waals surface area (Å²) in [7, 11) is 1.65. The van der Waals surface area contributed by atoms with E-state index in [1.165, 1.54) is 11.8 Å². The maximum Gasteiger partial charge on any atom is 0.233 e. The standard InChI is InChI=1S/C20H25Cl2N5O3S/c1-3-25-18(28)16-9-12-17(26-20(23)27-19(12)31-16)11-8-15(14(22)10-13(11)21)30-7-5-24-4-6-29-2/h8,10,16,24H,3-7,9H2,1-2H3,(H,25,28)(H2,23,26,27). The first kappa shape index (κ1) is 23.9. The number of fused-ring (bicyclic) bond motifs is 1. The van der Waals surface area contributed by atoms with Gasteiger partial charge in [0.2, 0.25) is 11.9 Å². The van der Waals surface area contributed by atoms with Crippen LogP contribution in [0.2, 0.25) is 10.0 Å². The first-order valence-corrected chi connectivity index (χ1v) is 11.5. The lowest BCUT2D eigenvalue weighted by atomic mass is 10.0. The highest BCUT2D eigenvalue weighted by Crippen LogP contribution is 2.44. The summed E-state index contributed by atoms with van der Waals surface area (Å²) in [6, 6.07) is 3.38. The van der Waals surface area contributed by atoms with Gasteiger partial charge in [-0.25, -0.2) is 9.97 Å². The van der Waals surface area contributed by atoms with Crippen molar-refractivity contribution >= 4 is 46.8 Å². The van der Waals surface area contributed by atoms with Crippen molar-refractivity contribution in [3.63, 3.8) is 0 Å². The van der Waals surface area contributed by atoms with Gasteiger partial charge in [0.25, 0.3) is 0 Å². The zero-order valence-electron chi connectivity index (χ0n) is 17.3. The summed E-state index contributed by atoms with van der Waals surface area (Å²) in [6.45, 7) is 4.87. The maximum atomic E-state index is 12.3. The van der Waals surface area contributed by atoms with Crippen molar-refractivity contribution in [1.29, 1.82) is 0 Å². The smallest absolute Gasteiger partial charge is 0.233 e. The van der Waals surface area contributed by atoms with E-state index in [9.17, 15) is 4.79 Å². The number of aromatic nitrogens is 2. The van der Waals surface area contributed by atoms with E-state index in [0.29, 0.717) is 64.8 Å². The SMILES string of the molecule is CCNC(=O)C1Cc2c(nc(N)nc2-c2cc(OCCNCCOC)c(Cl)cc2Cl)S1. The van der Waals surface area contributed by atoms with Crippen LogP contribution in [0.4, 0.5) is 5.95 Å². The molecule has 1 atom stereocenters. The molecule has 4 N–H and O–H groups in total. The Labute approximate surface area is 195 Å². The summed E-state index contributed by atoms with van der Waals surface area (Å²) in [4.78, 5) is 21.1. The molecule has 2 aromatic rings. The highest BCUT2D eigenvalue weighted by molar-refractivity contribution is 8.00. The van der Waals surface area contributed by atoms with Crippen LogP contribution in [0.15, 0.2) is 17.2 Å². The van der Waals surface area contributed by atoms with Gasteiger partial charge in [0, 0.05) is 37.9 Å². The van der Waals surface area contributed by atoms with E-state index in [2.05, 4.69) is 20.6 Å². The van der Waals surface area contributed by atoms with Crippen LogP contribution >= 0.6 is 35.0 Å². The van der Waals surface area contributed by atoms with Crippen LogP contribution in [0.5, 0.6) is 5.75 Å². The molecule has 1 aromatic heterocycles. The Hall–Kier alpha value is -1.78. The van der Waals surface area contributed by atoms with Gasteiger partial charge in [-0.05, 0) is 25.5 Å². The predicted molar refractivity (Wildman–Crippen MR) is 124 cm³/mol. The molecule has 0 fully saturated rings. The summed E-state index contributed by atoms with van der Waals surface area (Å²) in [6.07, 6.45) is 0.486. The average Bonchev–Trinajstić information content (AvgIpc) is 3.16. The number of nitrogens with zero attached hydrogens (tertiary/aromatic N) is 2. The Morgan fingerprint density at radius 3 is 2.77 bits per heavy atom. The molecule has 1 aromatic carbocycles. The highest BCUT2D eigenvalue weighted by Gasteiger charge is 2.33. The van der Waals surface area contributed by atoms with E-state index in [1.54, 1.807) is 19.2 Å². The van der Waals surface area contributed by atoms with E-state index in [0.717, 1.165) is 12.1 Å². The molecule has 1 amide bonds. The number of hydrogen-bond donors (Lipinski definition) is 3. The fourth-order valence-corrected chi connectivity index (χ4v) is 4.84. The number of nitrogens with two attached hydrogens (primary N) is 1. The van der Waals surface area contributed by atoms with Gasteiger partial charge in [-0.3, -0.25) is 4.79 Å². The number of nitrogen functional groups attached to an aromatic ring is 1. The third-order valence-electron chi connectivity index (χ3n) is 4.57. The lowest BCUT2D eigenvalue weighted by Crippen LogP contribution is -2.32. The van der Waals surface area contributed by atoms with E-state index < -0.39 is 0 Å². The van der Waals surface area contributed by atoms with Crippen LogP contribution in [0, 0.1) is 0 Å². The van der Waals surface area contributed by atoms with Gasteiger partial charge in [0.15, 0.2) is 0 Å². The third kappa shape index (κ3) is 5.93. The van der Waals surface area contributed by atoms with Crippen LogP contribution in [0.25, 0.3) is 11.3 Å². The zero-order valence-corrected chi connectivity index (χ0v) is 19.7. The second-order valence-electron chi connectivity index (χ2n) is 6.77. The van der Waals surface area contributed by atoms with Crippen molar-refractivity contribution in [3.05, 3.63) is 27.7 Å². The molecule has 3 rings (SSSR count). The minimum absolute atomic E-state index is 0.0396. The van der Waals surface area contributed by atoms with Gasteiger partial charge in [0.05, 0.1) is 27.6 Å². The number of anilines is 1. The Bertz CT molecular complexity index is 948. The van der Waals surface area contributed by atoms with Gasteiger partial charge in [-0.15, -0.1) is 0 Å². The maximum absolute atomic E-state index is 12.3. The number of rotatable bonds is 10. The van der Waals surface area contributed by atoms with E-state index >= 15 is 0 Å². The van der Waals surface area contributed by atoms with Crippen LogP contribution in [-0.2, 0) is 16.0 Å². The number of nitrogens with one attached hydrogen (secondary N) is 2. The van der Waals surface area contributed by atoms with E-state index in [1.807, 2.05) is 6.92 Å². The first-order chi connectivity index (χ1) is 14.9. The summed E-state index contributed by atoms with van der Waals surface area (Å²) >= 11 is 14.2. The van der Waals surface area contributed by atoms with Gasteiger partial charge < -0.3 is 25.8 Å². The van der Waals surface area contributed by atoms with Crippen molar-refractivity contribution in [2.75, 3.05) is 45.7 Å². The van der Waals surface area contributed by atoms with Gasteiger partial charge in [-0.2, -0.15) is 0 Å². The van der Waals surface area contributed by atoms with Crippen molar-refractivity contribution in [3.8, 4) is 17.0 Å². The summed E-state index contributed by atoms with van der Waals surface area (Å²) in [5.74, 6) is 0.572. The second kappa shape index (κ2) is 11.2. The Kier molecular flexibility index (Phi) is 8.62. The lowest BCUT2D eigenvalue weighted by molar-refractivity contribution is -0.120. The molecule has 0 saturated heterocycles. The molecule has 0 bridgehead atoms. The molecule has 1 unspecified atom stereocenters. The molecule has 8 nitrogen and oxygen atoms in total. The molecule has 0 saturated carbocycles. The summed E-state index contributed by atoms with van der Waals surface area (Å²) in [5, 5.41) is 7.28. The normalized spacial score (nSPS) is 15.0. The second-order valence-corrected chi connectivity index (χ2v) is 8.78. The lowest BCUT2D eigenvalue weighted by Gasteiger charge is -2.14. The number of methoxy groups -OCH3 is 1. The number of carbonyl (C=O) groups is 1. The average molecular weight is 486 g/mol. The molecule has 1 aliphatic rings. The number of ether oxygens (including phenoxy) is 2. The third-order valence-corrected chi connectivity index (χ3v) is 6.40. The Balaban J connectivity index is 1.84. The Morgan fingerprint density at radius 1 is 1.26 bits per heavy atom. The molecular weight excluding hydrogens is 461 g/mol. The van der Waals surface area contributed by atoms with Gasteiger partial charge in [0.1, 0.15) is 17.4 Å². The minimum Gasteiger partial charge on any atom is -0.491 e. The van der Waals surface area contributed by atoms with Gasteiger partial charge >= 0.3 is 0 Å². The van der Waals surface area contributed by atoms with Crippen molar-refractivity contribution in [2.45, 2.75) is 23.6 Å². The molecule has 0 aliphatic carbocycles. The molecular formula is C20H25Cl2N5O3S. The number of amides is 1. The number of benzene rings is 1. The van der Waals surface area contributed by atoms with Crippen LogP contribution in [-0.4, -0.2) is 61.1 Å². The number of halogens is 2. The quantitative estimate of drug-likeness (QED) is 0.347. The molecule has 2 heterocycles. The fourth-order valence-electron chi connectivity index (χ4n) is 3.13. The number of carbonyl (C=O) groups excluding carboxylic acids is 1. The molecule has 1 aliphatic heterocycles. The van der Waals surface area contributed by atoms with E-state index in [4.69, 9.17) is 38.4 Å². The number of hydrogen-bond acceptors (Lipinski definition) is 8.